The Morgan fingerprint density at radius 3 is 0.618 bits per heavy atom. The van der Waals surface area contributed by atoms with Gasteiger partial charge in [0.1, 0.15) is 0 Å². The molecule has 0 aliphatic heterocycles. The van der Waals surface area contributed by atoms with E-state index in [9.17, 15) is 0 Å². The Morgan fingerprint density at radius 1 is 0.235 bits per heavy atom. The summed E-state index contributed by atoms with van der Waals surface area (Å²) in [7, 11) is 0. The molecule has 0 N–H and O–H groups in total. The first-order chi connectivity index (χ1) is 16.9. The Hall–Kier alpha value is -0.260. The molecular formula is C34H68. The maximum absolute atomic E-state index is 2.46. The lowest BCUT2D eigenvalue weighted by Crippen LogP contribution is -1.83. The minimum Gasteiger partial charge on any atom is -0.0885 e. The molecule has 0 aromatic rings. The van der Waals surface area contributed by atoms with E-state index in [0.717, 1.165) is 0 Å². The van der Waals surface area contributed by atoms with E-state index in [-0.39, 0.29) is 0 Å². The standard InChI is InChI=1S/C34H68/c1-3-5-7-9-11-13-15-17-19-21-23-25-27-29-31-33-34-32-30-28-26-24-22-20-18-16-14-12-10-8-6-4-2/h29,31H,3-28,30,32-34H2,1-2H3. The third-order valence-corrected chi connectivity index (χ3v) is 7.62. The first-order valence-electron chi connectivity index (χ1n) is 16.6. The van der Waals surface area contributed by atoms with Crippen LogP contribution in [-0.2, 0) is 0 Å². The lowest BCUT2D eigenvalue weighted by Gasteiger charge is -2.03. The van der Waals surface area contributed by atoms with Crippen molar-refractivity contribution in [2.24, 2.45) is 0 Å². The van der Waals surface area contributed by atoms with Gasteiger partial charge in [0.15, 0.2) is 0 Å². The molecule has 0 aromatic carbocycles. The molecule has 0 unspecified atom stereocenters. The Balaban J connectivity index is 3.06. The van der Waals surface area contributed by atoms with Gasteiger partial charge in [0, 0.05) is 0 Å². The summed E-state index contributed by atoms with van der Waals surface area (Å²) in [5.74, 6) is 0. The predicted molar refractivity (Wildman–Crippen MR) is 159 cm³/mol. The van der Waals surface area contributed by atoms with Gasteiger partial charge in [-0.15, -0.1) is 0 Å². The number of unbranched alkanes of at least 4 members (excludes halogenated alkanes) is 28. The molecule has 0 aromatic heterocycles. The van der Waals surface area contributed by atoms with Crippen LogP contribution >= 0.6 is 0 Å². The highest BCUT2D eigenvalue weighted by molar-refractivity contribution is 4.81. The average molecular weight is 477 g/mol. The third kappa shape index (κ3) is 31.7. The zero-order valence-electron chi connectivity index (χ0n) is 24.4. The van der Waals surface area contributed by atoms with Gasteiger partial charge < -0.3 is 0 Å². The quantitative estimate of drug-likeness (QED) is 0.0714. The second kappa shape index (κ2) is 32.7. The summed E-state index contributed by atoms with van der Waals surface area (Å²) in [6.07, 6.45) is 48.4. The van der Waals surface area contributed by atoms with Crippen LogP contribution in [0.15, 0.2) is 12.2 Å². The number of allylic oxidation sites excluding steroid dienone is 2. The van der Waals surface area contributed by atoms with Gasteiger partial charge in [0.05, 0.1) is 0 Å². The van der Waals surface area contributed by atoms with E-state index in [1.165, 1.54) is 193 Å². The topological polar surface area (TPSA) is 0 Å². The molecule has 0 nitrogen and oxygen atoms in total. The molecule has 0 spiro atoms. The Labute approximate surface area is 218 Å². The van der Waals surface area contributed by atoms with Crippen LogP contribution in [0, 0.1) is 0 Å². The van der Waals surface area contributed by atoms with Gasteiger partial charge in [0.25, 0.3) is 0 Å². The fourth-order valence-corrected chi connectivity index (χ4v) is 5.15. The fourth-order valence-electron chi connectivity index (χ4n) is 5.15. The van der Waals surface area contributed by atoms with E-state index >= 15 is 0 Å². The highest BCUT2D eigenvalue weighted by Crippen LogP contribution is 2.15. The summed E-state index contributed by atoms with van der Waals surface area (Å²) >= 11 is 0. The first kappa shape index (κ1) is 33.7. The maximum atomic E-state index is 2.46. The second-order valence-corrected chi connectivity index (χ2v) is 11.2. The van der Waals surface area contributed by atoms with Gasteiger partial charge in [-0.2, -0.15) is 0 Å². The van der Waals surface area contributed by atoms with Crippen molar-refractivity contribution in [1.82, 2.24) is 0 Å². The van der Waals surface area contributed by atoms with Crippen LogP contribution in [0.3, 0.4) is 0 Å². The first-order valence-corrected chi connectivity index (χ1v) is 16.6. The number of hydrogen-bond donors (Lipinski definition) is 0. The van der Waals surface area contributed by atoms with Crippen LogP contribution in [0.2, 0.25) is 0 Å². The summed E-state index contributed by atoms with van der Waals surface area (Å²) < 4.78 is 0. The van der Waals surface area contributed by atoms with Gasteiger partial charge in [0.2, 0.25) is 0 Å². The number of rotatable bonds is 30. The fraction of sp³-hybridized carbons (Fsp3) is 0.941. The summed E-state index contributed by atoms with van der Waals surface area (Å²) in [5, 5.41) is 0. The lowest BCUT2D eigenvalue weighted by atomic mass is 10.0. The van der Waals surface area contributed by atoms with E-state index in [1.54, 1.807) is 0 Å². The van der Waals surface area contributed by atoms with Crippen molar-refractivity contribution in [3.8, 4) is 0 Å². The monoisotopic (exact) mass is 477 g/mol. The van der Waals surface area contributed by atoms with Crippen molar-refractivity contribution >= 4 is 0 Å². The molecule has 0 heterocycles. The highest BCUT2D eigenvalue weighted by atomic mass is 14.0. The van der Waals surface area contributed by atoms with E-state index in [0.29, 0.717) is 0 Å². The number of hydrogen-bond acceptors (Lipinski definition) is 0. The largest absolute Gasteiger partial charge is 0.0885 e. The van der Waals surface area contributed by atoms with Gasteiger partial charge in [-0.05, 0) is 25.7 Å². The normalized spacial score (nSPS) is 11.7. The van der Waals surface area contributed by atoms with Crippen LogP contribution < -0.4 is 0 Å². The molecule has 34 heavy (non-hydrogen) atoms. The van der Waals surface area contributed by atoms with Gasteiger partial charge in [-0.25, -0.2) is 0 Å². The van der Waals surface area contributed by atoms with E-state index in [4.69, 9.17) is 0 Å². The average Bonchev–Trinajstić information content (AvgIpc) is 2.85. The Morgan fingerprint density at radius 2 is 0.412 bits per heavy atom. The van der Waals surface area contributed by atoms with Crippen molar-refractivity contribution in [3.05, 3.63) is 12.2 Å². The molecule has 0 saturated carbocycles. The molecule has 0 saturated heterocycles. The van der Waals surface area contributed by atoms with Crippen molar-refractivity contribution in [3.63, 3.8) is 0 Å². The molecule has 0 atom stereocenters. The molecule has 0 heteroatoms. The van der Waals surface area contributed by atoms with Crippen LogP contribution in [0.1, 0.15) is 206 Å². The zero-order chi connectivity index (χ0) is 24.6. The van der Waals surface area contributed by atoms with E-state index in [1.807, 2.05) is 0 Å². The molecule has 0 bridgehead atoms. The molecule has 204 valence electrons. The Bertz CT molecular complexity index is 355. The minimum atomic E-state index is 1.32. The zero-order valence-corrected chi connectivity index (χ0v) is 24.4. The van der Waals surface area contributed by atoms with Crippen LogP contribution in [0.4, 0.5) is 0 Å². The summed E-state index contributed by atoms with van der Waals surface area (Å²) in [6, 6.07) is 0. The molecule has 0 radical (unpaired) electrons. The maximum Gasteiger partial charge on any atom is -0.0351 e. The molecule has 0 fully saturated rings. The van der Waals surface area contributed by atoms with Crippen molar-refractivity contribution in [1.29, 1.82) is 0 Å². The minimum absolute atomic E-state index is 1.32. The van der Waals surface area contributed by atoms with Crippen molar-refractivity contribution < 1.29 is 0 Å². The van der Waals surface area contributed by atoms with Gasteiger partial charge in [-0.1, -0.05) is 193 Å². The molecular weight excluding hydrogens is 408 g/mol. The molecule has 0 amide bonds. The van der Waals surface area contributed by atoms with Crippen molar-refractivity contribution in [2.75, 3.05) is 0 Å². The summed E-state index contributed by atoms with van der Waals surface area (Å²) in [5.41, 5.74) is 0. The van der Waals surface area contributed by atoms with Crippen LogP contribution in [0.25, 0.3) is 0 Å². The highest BCUT2D eigenvalue weighted by Gasteiger charge is 1.95. The molecule has 0 aliphatic carbocycles. The molecule has 0 rings (SSSR count). The smallest absolute Gasteiger partial charge is 0.0351 e. The third-order valence-electron chi connectivity index (χ3n) is 7.62. The second-order valence-electron chi connectivity index (χ2n) is 11.2. The predicted octanol–water partition coefficient (Wildman–Crippen LogP) is 13.3. The van der Waals surface area contributed by atoms with E-state index in [2.05, 4.69) is 26.0 Å². The van der Waals surface area contributed by atoms with E-state index < -0.39 is 0 Å². The van der Waals surface area contributed by atoms with Crippen molar-refractivity contribution in [2.45, 2.75) is 206 Å². The van der Waals surface area contributed by atoms with Crippen LogP contribution in [0.5, 0.6) is 0 Å². The SMILES string of the molecule is CCCCCCCCCCCCCCC=CCCCCCCCCCCCCCCCCCC. The molecule has 0 aliphatic rings. The van der Waals surface area contributed by atoms with Gasteiger partial charge >= 0.3 is 0 Å². The summed E-state index contributed by atoms with van der Waals surface area (Å²) in [6.45, 7) is 4.61. The summed E-state index contributed by atoms with van der Waals surface area (Å²) in [4.78, 5) is 0. The Kier molecular flexibility index (Phi) is 32.5. The lowest BCUT2D eigenvalue weighted by molar-refractivity contribution is 0.530. The van der Waals surface area contributed by atoms with Crippen LogP contribution in [-0.4, -0.2) is 0 Å². The van der Waals surface area contributed by atoms with Gasteiger partial charge in [-0.3, -0.25) is 0 Å².